The van der Waals surface area contributed by atoms with Gasteiger partial charge in [-0.05, 0) is 18.2 Å². The van der Waals surface area contributed by atoms with E-state index in [1.165, 1.54) is 25.1 Å². The predicted octanol–water partition coefficient (Wildman–Crippen LogP) is 0.322. The second-order valence-electron chi connectivity index (χ2n) is 8.65. The van der Waals surface area contributed by atoms with Gasteiger partial charge in [-0.2, -0.15) is 4.98 Å². The molecule has 0 spiro atoms. The maximum atomic E-state index is 12.5. The number of nitrogens with one attached hydrogen (secondary N) is 2. The number of thioether (sulfide) groups is 1. The summed E-state index contributed by atoms with van der Waals surface area (Å²) in [6.07, 6.45) is 0.847. The quantitative estimate of drug-likeness (QED) is 0.399. The van der Waals surface area contributed by atoms with Crippen molar-refractivity contribution in [3.8, 4) is 5.88 Å². The standard InChI is InChI=1S/C23H27N7O4S/c1-34-20-5-3-16-23(28-20)30(21(33)10-25-16)7-6-29-11-14(17(31)12-29)8-24-9-15-2-4-18-22(26-15)27-19(32)13-35-18/h2-5,10,14,17,24,31H,6-9,11-13H2,1H3,(H,26,27,32)/t14-,17+/m0/s1. The minimum absolute atomic E-state index is 0.0359. The molecule has 0 radical (unpaired) electrons. The van der Waals surface area contributed by atoms with Crippen molar-refractivity contribution in [3.63, 3.8) is 0 Å². The summed E-state index contributed by atoms with van der Waals surface area (Å²) in [7, 11) is 1.53. The molecule has 0 aliphatic carbocycles. The lowest BCUT2D eigenvalue weighted by molar-refractivity contribution is -0.113. The molecule has 0 bridgehead atoms. The molecule has 3 N–H and O–H groups in total. The fourth-order valence-electron chi connectivity index (χ4n) is 4.41. The predicted molar refractivity (Wildman–Crippen MR) is 132 cm³/mol. The van der Waals surface area contributed by atoms with Gasteiger partial charge in [0.15, 0.2) is 5.65 Å². The van der Waals surface area contributed by atoms with Crippen LogP contribution in [-0.2, 0) is 17.9 Å². The van der Waals surface area contributed by atoms with Gasteiger partial charge in [0.2, 0.25) is 11.8 Å². The van der Waals surface area contributed by atoms with Crippen LogP contribution in [0.4, 0.5) is 5.82 Å². The lowest BCUT2D eigenvalue weighted by Gasteiger charge is -2.18. The summed E-state index contributed by atoms with van der Waals surface area (Å²) in [4.78, 5) is 40.3. The van der Waals surface area contributed by atoms with Crippen LogP contribution in [0.1, 0.15) is 5.69 Å². The summed E-state index contributed by atoms with van der Waals surface area (Å²) in [6.45, 7) is 3.48. The molecule has 0 unspecified atom stereocenters. The van der Waals surface area contributed by atoms with Crippen LogP contribution >= 0.6 is 11.8 Å². The number of aliphatic hydroxyl groups is 1. The van der Waals surface area contributed by atoms with Gasteiger partial charge in [-0.25, -0.2) is 9.97 Å². The van der Waals surface area contributed by atoms with E-state index in [9.17, 15) is 14.7 Å². The van der Waals surface area contributed by atoms with Crippen LogP contribution in [0.15, 0.2) is 40.2 Å². The van der Waals surface area contributed by atoms with Crippen molar-refractivity contribution in [1.82, 2.24) is 29.7 Å². The van der Waals surface area contributed by atoms with Crippen LogP contribution in [0.2, 0.25) is 0 Å². The van der Waals surface area contributed by atoms with Gasteiger partial charge in [-0.1, -0.05) is 0 Å². The van der Waals surface area contributed by atoms with Crippen LogP contribution in [-0.4, -0.2) is 80.6 Å². The molecule has 11 nitrogen and oxygen atoms in total. The monoisotopic (exact) mass is 497 g/mol. The number of aliphatic hydroxyl groups excluding tert-OH is 1. The van der Waals surface area contributed by atoms with Gasteiger partial charge < -0.3 is 20.5 Å². The highest BCUT2D eigenvalue weighted by Gasteiger charge is 2.30. The molecule has 3 aromatic rings. The van der Waals surface area contributed by atoms with Crippen LogP contribution < -0.4 is 20.9 Å². The number of hydrogen-bond donors (Lipinski definition) is 3. The number of pyridine rings is 2. The smallest absolute Gasteiger partial charge is 0.270 e. The topological polar surface area (TPSA) is 134 Å². The SMILES string of the molecule is COc1ccc2ncc(=O)n(CCN3C[C@H](CNCc4ccc5c(n4)NC(=O)CS5)[C@H](O)C3)c2n1. The highest BCUT2D eigenvalue weighted by molar-refractivity contribution is 8.00. The van der Waals surface area contributed by atoms with Crippen LogP contribution in [0.3, 0.4) is 0 Å². The Morgan fingerprint density at radius 2 is 2.09 bits per heavy atom. The lowest BCUT2D eigenvalue weighted by atomic mass is 10.1. The van der Waals surface area contributed by atoms with Crippen molar-refractivity contribution in [2.24, 2.45) is 5.92 Å². The van der Waals surface area contributed by atoms with Gasteiger partial charge in [-0.15, -0.1) is 11.8 Å². The molecule has 35 heavy (non-hydrogen) atoms. The maximum absolute atomic E-state index is 12.5. The van der Waals surface area contributed by atoms with E-state index in [2.05, 4.69) is 30.5 Å². The number of carbonyl (C=O) groups excluding carboxylic acids is 1. The van der Waals surface area contributed by atoms with Gasteiger partial charge in [0.25, 0.3) is 5.56 Å². The number of β-amino-alcohol motifs (C(OH)–C–C–N with tert-alkyl or cyclic N) is 1. The largest absolute Gasteiger partial charge is 0.481 e. The molecule has 3 aromatic heterocycles. The highest BCUT2D eigenvalue weighted by atomic mass is 32.2. The van der Waals surface area contributed by atoms with E-state index in [4.69, 9.17) is 4.74 Å². The molecule has 184 valence electrons. The third kappa shape index (κ3) is 5.30. The molecule has 5 rings (SSSR count). The van der Waals surface area contributed by atoms with E-state index in [0.29, 0.717) is 67.9 Å². The summed E-state index contributed by atoms with van der Waals surface area (Å²) < 4.78 is 6.79. The number of methoxy groups -OCH3 is 1. The first-order valence-electron chi connectivity index (χ1n) is 11.4. The van der Waals surface area contributed by atoms with Crippen molar-refractivity contribution in [3.05, 3.63) is 46.5 Å². The number of rotatable bonds is 8. The number of anilines is 1. The van der Waals surface area contributed by atoms with E-state index < -0.39 is 6.10 Å². The number of amides is 1. The maximum Gasteiger partial charge on any atom is 0.270 e. The first-order chi connectivity index (χ1) is 17.0. The fourth-order valence-corrected chi connectivity index (χ4v) is 5.16. The Morgan fingerprint density at radius 3 is 2.94 bits per heavy atom. The van der Waals surface area contributed by atoms with E-state index >= 15 is 0 Å². The normalized spacial score (nSPS) is 20.1. The highest BCUT2D eigenvalue weighted by Crippen LogP contribution is 2.29. The van der Waals surface area contributed by atoms with Crippen molar-refractivity contribution in [1.29, 1.82) is 0 Å². The number of nitrogens with zero attached hydrogens (tertiary/aromatic N) is 5. The van der Waals surface area contributed by atoms with Gasteiger partial charge in [-0.3, -0.25) is 19.1 Å². The first-order valence-corrected chi connectivity index (χ1v) is 12.4. The summed E-state index contributed by atoms with van der Waals surface area (Å²) >= 11 is 1.49. The molecule has 2 aliphatic heterocycles. The zero-order chi connectivity index (χ0) is 24.4. The van der Waals surface area contributed by atoms with Gasteiger partial charge in [0, 0.05) is 51.3 Å². The second-order valence-corrected chi connectivity index (χ2v) is 9.67. The Morgan fingerprint density at radius 1 is 1.20 bits per heavy atom. The Balaban J connectivity index is 1.16. The molecule has 2 aliphatic rings. The minimum Gasteiger partial charge on any atom is -0.481 e. The third-order valence-corrected chi connectivity index (χ3v) is 7.29. The number of carbonyl (C=O) groups is 1. The minimum atomic E-state index is -0.459. The Labute approximate surface area is 205 Å². The van der Waals surface area contributed by atoms with Crippen molar-refractivity contribution >= 4 is 34.7 Å². The summed E-state index contributed by atoms with van der Waals surface area (Å²) in [5, 5.41) is 16.8. The number of aromatic nitrogens is 4. The zero-order valence-corrected chi connectivity index (χ0v) is 20.1. The van der Waals surface area contributed by atoms with Crippen LogP contribution in [0, 0.1) is 5.92 Å². The summed E-state index contributed by atoms with van der Waals surface area (Å²) in [5.74, 6) is 1.48. The number of likely N-dealkylation sites (tertiary alicyclic amines) is 1. The average molecular weight is 498 g/mol. The molecule has 1 saturated heterocycles. The van der Waals surface area contributed by atoms with Gasteiger partial charge in [0.05, 0.1) is 35.8 Å². The summed E-state index contributed by atoms with van der Waals surface area (Å²) in [5.41, 5.74) is 1.73. The molecule has 1 amide bonds. The zero-order valence-electron chi connectivity index (χ0n) is 19.3. The van der Waals surface area contributed by atoms with E-state index in [1.54, 1.807) is 16.7 Å². The van der Waals surface area contributed by atoms with Crippen molar-refractivity contribution in [2.45, 2.75) is 24.1 Å². The molecule has 1 fully saturated rings. The first kappa shape index (κ1) is 23.7. The van der Waals surface area contributed by atoms with E-state index in [1.807, 2.05) is 12.1 Å². The molecule has 2 atom stereocenters. The second kappa shape index (κ2) is 10.3. The van der Waals surface area contributed by atoms with Crippen molar-refractivity contribution in [2.75, 3.05) is 44.4 Å². The lowest BCUT2D eigenvalue weighted by Crippen LogP contribution is -2.31. The molecule has 0 aromatic carbocycles. The van der Waals surface area contributed by atoms with E-state index in [0.717, 1.165) is 10.6 Å². The Hall–Kier alpha value is -3.06. The molecule has 12 heteroatoms. The number of ether oxygens (including phenoxy) is 1. The molecule has 0 saturated carbocycles. The molecular weight excluding hydrogens is 470 g/mol. The van der Waals surface area contributed by atoms with Gasteiger partial charge in [0.1, 0.15) is 11.3 Å². The van der Waals surface area contributed by atoms with E-state index in [-0.39, 0.29) is 17.4 Å². The van der Waals surface area contributed by atoms with Crippen LogP contribution in [0.5, 0.6) is 5.88 Å². The van der Waals surface area contributed by atoms with Gasteiger partial charge >= 0.3 is 0 Å². The van der Waals surface area contributed by atoms with Crippen LogP contribution in [0.25, 0.3) is 11.2 Å². The molecule has 5 heterocycles. The number of fused-ring (bicyclic) bond motifs is 2. The summed E-state index contributed by atoms with van der Waals surface area (Å²) in [6, 6.07) is 7.42. The molecular formula is C23H27N7O4S. The Kier molecular flexibility index (Phi) is 6.95. The average Bonchev–Trinajstić information content (AvgIpc) is 3.21. The third-order valence-electron chi connectivity index (χ3n) is 6.24. The van der Waals surface area contributed by atoms with Crippen molar-refractivity contribution < 1.29 is 14.6 Å². The number of hydrogen-bond acceptors (Lipinski definition) is 10. The Bertz CT molecular complexity index is 1300. The fraction of sp³-hybridized carbons (Fsp3) is 0.435.